The van der Waals surface area contributed by atoms with E-state index in [-0.39, 0.29) is 46.4 Å². The largest absolute Gasteiger partial charge is 0.308 e. The number of H-pyrrole nitrogens is 1. The second-order valence-corrected chi connectivity index (χ2v) is 15.1. The third kappa shape index (κ3) is 5.86. The molecule has 6 rings (SSSR count). The van der Waals surface area contributed by atoms with Crippen LogP contribution < -0.4 is 5.56 Å². The number of piperidine rings is 2. The molecule has 2 fully saturated rings. The molecule has 1 N–H and O–H groups in total. The minimum atomic E-state index is -3.95. The van der Waals surface area contributed by atoms with Gasteiger partial charge < -0.3 is 4.98 Å². The highest BCUT2D eigenvalue weighted by molar-refractivity contribution is 7.89. The minimum Gasteiger partial charge on any atom is -0.308 e. The van der Waals surface area contributed by atoms with Gasteiger partial charge in [-0.1, -0.05) is 24.3 Å². The Balaban J connectivity index is 1.22. The summed E-state index contributed by atoms with van der Waals surface area (Å²) in [6.07, 6.45) is 2.73. The predicted octanol–water partition coefficient (Wildman–Crippen LogP) is 2.69. The third-order valence-corrected chi connectivity index (χ3v) is 12.0. The fraction of sp³-hybridized carbons (Fsp3) is 0.429. The second-order valence-electron chi connectivity index (χ2n) is 11.3. The molecule has 2 aliphatic heterocycles. The Morgan fingerprint density at radius 1 is 0.884 bits per heavy atom. The van der Waals surface area contributed by atoms with Crippen molar-refractivity contribution in [1.82, 2.24) is 33.6 Å². The molecule has 0 radical (unpaired) electrons. The van der Waals surface area contributed by atoms with Crippen LogP contribution in [0.15, 0.2) is 63.1 Å². The number of nitrogens with zero attached hydrogens (tertiary/aromatic N) is 6. The first-order chi connectivity index (χ1) is 20.5. The number of fused-ring (bicyclic) bond motifs is 1. The van der Waals surface area contributed by atoms with Crippen LogP contribution in [0.3, 0.4) is 0 Å². The third-order valence-electron chi connectivity index (χ3n) is 8.25. The summed E-state index contributed by atoms with van der Waals surface area (Å²) in [6, 6.07) is 11.3. The van der Waals surface area contributed by atoms with E-state index in [1.807, 2.05) is 0 Å². The fourth-order valence-corrected chi connectivity index (χ4v) is 8.63. The Kier molecular flexibility index (Phi) is 7.91. The summed E-state index contributed by atoms with van der Waals surface area (Å²) in [7, 11) is -7.65. The molecule has 12 nitrogen and oxygen atoms in total. The predicted molar refractivity (Wildman–Crippen MR) is 156 cm³/mol. The van der Waals surface area contributed by atoms with Crippen molar-refractivity contribution in [3.05, 3.63) is 76.1 Å². The van der Waals surface area contributed by atoms with Crippen molar-refractivity contribution in [3.8, 4) is 0 Å². The molecule has 1 atom stereocenters. The summed E-state index contributed by atoms with van der Waals surface area (Å²) in [4.78, 5) is 20.3. The summed E-state index contributed by atoms with van der Waals surface area (Å²) < 4.78 is 71.0. The van der Waals surface area contributed by atoms with Crippen molar-refractivity contribution < 1.29 is 21.2 Å². The van der Waals surface area contributed by atoms with E-state index in [0.29, 0.717) is 37.7 Å². The van der Waals surface area contributed by atoms with Crippen molar-refractivity contribution in [2.75, 3.05) is 26.2 Å². The molecule has 0 saturated carbocycles. The second kappa shape index (κ2) is 11.5. The van der Waals surface area contributed by atoms with E-state index in [1.54, 1.807) is 12.1 Å². The van der Waals surface area contributed by atoms with Crippen molar-refractivity contribution in [2.45, 2.75) is 54.9 Å². The standard InChI is InChI=1S/C28H32FN7O5S2/c1-19-12-15-34(16-13-19)42(38,39)23-8-10-24(11-9-23)43(40,41)35-14-2-3-21(18-35)26-30-27-25(28(37)31-26)32-33-36(27)17-20-4-6-22(29)7-5-20/h4-11,19,21H,2-3,12-18H2,1H3,(H,30,31,37)/t21-/m0/s1. The zero-order chi connectivity index (χ0) is 30.4. The molecule has 0 unspecified atom stereocenters. The molecule has 0 spiro atoms. The van der Waals surface area contributed by atoms with Gasteiger partial charge in [-0.3, -0.25) is 4.79 Å². The highest BCUT2D eigenvalue weighted by Gasteiger charge is 2.33. The number of benzene rings is 2. The van der Waals surface area contributed by atoms with Crippen molar-refractivity contribution in [1.29, 1.82) is 0 Å². The lowest BCUT2D eigenvalue weighted by Gasteiger charge is -2.31. The first-order valence-electron chi connectivity index (χ1n) is 14.2. The van der Waals surface area contributed by atoms with Gasteiger partial charge in [-0.05, 0) is 73.6 Å². The number of halogens is 1. The molecule has 4 heterocycles. The van der Waals surface area contributed by atoms with E-state index in [9.17, 15) is 26.0 Å². The summed E-state index contributed by atoms with van der Waals surface area (Å²) in [5.74, 6) is 0.0461. The van der Waals surface area contributed by atoms with Gasteiger partial charge in [0.15, 0.2) is 11.2 Å². The summed E-state index contributed by atoms with van der Waals surface area (Å²) in [6.45, 7) is 3.58. The lowest BCUT2D eigenvalue weighted by atomic mass is 9.99. The number of aromatic amines is 1. The Morgan fingerprint density at radius 2 is 1.51 bits per heavy atom. The van der Waals surface area contributed by atoms with Crippen molar-refractivity contribution >= 4 is 31.2 Å². The average Bonchev–Trinajstić information content (AvgIpc) is 3.41. The fourth-order valence-electron chi connectivity index (χ4n) is 5.64. The van der Waals surface area contributed by atoms with Gasteiger partial charge in [0.25, 0.3) is 5.56 Å². The van der Waals surface area contributed by atoms with Gasteiger partial charge in [-0.25, -0.2) is 30.9 Å². The first-order valence-corrected chi connectivity index (χ1v) is 17.1. The van der Waals surface area contributed by atoms with Crippen LogP contribution in [0, 0.1) is 11.7 Å². The summed E-state index contributed by atoms with van der Waals surface area (Å²) in [5.41, 5.74) is 0.574. The molecule has 2 aliphatic rings. The zero-order valence-corrected chi connectivity index (χ0v) is 25.2. The minimum absolute atomic E-state index is 0.00200. The van der Waals surface area contributed by atoms with Crippen LogP contribution in [-0.4, -0.2) is 76.6 Å². The molecule has 4 aromatic rings. The number of rotatable bonds is 7. The van der Waals surface area contributed by atoms with E-state index in [1.165, 1.54) is 49.7 Å². The van der Waals surface area contributed by atoms with Crippen LogP contribution in [0.25, 0.3) is 11.2 Å². The van der Waals surface area contributed by atoms with Gasteiger partial charge in [-0.15, -0.1) is 5.10 Å². The van der Waals surface area contributed by atoms with Gasteiger partial charge in [-0.2, -0.15) is 8.61 Å². The first kappa shape index (κ1) is 29.5. The molecule has 2 aromatic carbocycles. The van der Waals surface area contributed by atoms with Gasteiger partial charge in [0, 0.05) is 32.1 Å². The number of hydrogen-bond acceptors (Lipinski definition) is 8. The number of aromatic nitrogens is 5. The van der Waals surface area contributed by atoms with Crippen molar-refractivity contribution in [2.24, 2.45) is 5.92 Å². The molecule has 43 heavy (non-hydrogen) atoms. The molecule has 2 saturated heterocycles. The average molecular weight is 630 g/mol. The zero-order valence-electron chi connectivity index (χ0n) is 23.6. The van der Waals surface area contributed by atoms with Crippen LogP contribution in [0.4, 0.5) is 4.39 Å². The normalized spacial score (nSPS) is 19.6. The molecular weight excluding hydrogens is 597 g/mol. The summed E-state index contributed by atoms with van der Waals surface area (Å²) >= 11 is 0. The number of nitrogens with one attached hydrogen (secondary N) is 1. The van der Waals surface area contributed by atoms with Gasteiger partial charge in [0.05, 0.1) is 16.3 Å². The van der Waals surface area contributed by atoms with Crippen LogP contribution >= 0.6 is 0 Å². The molecule has 15 heteroatoms. The highest BCUT2D eigenvalue weighted by atomic mass is 32.2. The highest BCUT2D eigenvalue weighted by Crippen LogP contribution is 2.30. The molecular formula is C28H32FN7O5S2. The maximum atomic E-state index is 13.6. The lowest BCUT2D eigenvalue weighted by Crippen LogP contribution is -2.40. The van der Waals surface area contributed by atoms with E-state index >= 15 is 0 Å². The Bertz CT molecular complexity index is 1900. The van der Waals surface area contributed by atoms with E-state index in [4.69, 9.17) is 0 Å². The Hall–Kier alpha value is -3.53. The van der Waals surface area contributed by atoms with Crippen molar-refractivity contribution in [3.63, 3.8) is 0 Å². The van der Waals surface area contributed by atoms with Crippen LogP contribution in [0.5, 0.6) is 0 Å². The quantitative estimate of drug-likeness (QED) is 0.328. The topological polar surface area (TPSA) is 151 Å². The molecule has 0 amide bonds. The molecule has 0 bridgehead atoms. The number of sulfonamides is 2. The van der Waals surface area contributed by atoms with Crippen LogP contribution in [0.1, 0.15) is 49.9 Å². The van der Waals surface area contributed by atoms with Gasteiger partial charge >= 0.3 is 0 Å². The Labute approximate surface area is 248 Å². The van der Waals surface area contributed by atoms with E-state index in [2.05, 4.69) is 27.2 Å². The van der Waals surface area contributed by atoms with E-state index < -0.39 is 31.5 Å². The van der Waals surface area contributed by atoms with E-state index in [0.717, 1.165) is 18.4 Å². The maximum Gasteiger partial charge on any atom is 0.281 e. The lowest BCUT2D eigenvalue weighted by molar-refractivity contribution is 0.288. The number of hydrogen-bond donors (Lipinski definition) is 1. The summed E-state index contributed by atoms with van der Waals surface area (Å²) in [5, 5.41) is 8.00. The Morgan fingerprint density at radius 3 is 2.16 bits per heavy atom. The van der Waals surface area contributed by atoms with Gasteiger partial charge in [0.2, 0.25) is 20.0 Å². The molecule has 0 aliphatic carbocycles. The maximum absolute atomic E-state index is 13.6. The van der Waals surface area contributed by atoms with Crippen LogP contribution in [-0.2, 0) is 26.6 Å². The van der Waals surface area contributed by atoms with Gasteiger partial charge in [0.1, 0.15) is 11.6 Å². The smallest absolute Gasteiger partial charge is 0.281 e. The SMILES string of the molecule is CC1CCN(S(=O)(=O)c2ccc(S(=O)(=O)N3CCC[C@H](c4nc5c(nnn5Cc5ccc(F)cc5)c(=O)[nH]4)C3)cc2)CC1. The monoisotopic (exact) mass is 629 g/mol. The molecule has 2 aromatic heterocycles. The molecule has 228 valence electrons. The van der Waals surface area contributed by atoms with Crippen LogP contribution in [0.2, 0.25) is 0 Å².